The normalized spacial score (nSPS) is 12.3. The zero-order chi connectivity index (χ0) is 12.1. The van der Waals surface area contributed by atoms with Gasteiger partial charge in [0, 0.05) is 24.8 Å². The number of oxazole rings is 1. The second-order valence-corrected chi connectivity index (χ2v) is 3.75. The molecule has 0 amide bonds. The van der Waals surface area contributed by atoms with Gasteiger partial charge in [-0.1, -0.05) is 18.2 Å². The predicted molar refractivity (Wildman–Crippen MR) is 64.0 cm³/mol. The van der Waals surface area contributed by atoms with Crippen LogP contribution < -0.4 is 11.1 Å². The molecule has 1 unspecified atom stereocenters. The molecule has 5 nitrogen and oxygen atoms in total. The molecule has 0 fully saturated rings. The molecule has 2 aromatic rings. The molecule has 1 heterocycles. The average molecular weight is 234 g/mol. The highest BCUT2D eigenvalue weighted by molar-refractivity contribution is 5.42. The van der Waals surface area contributed by atoms with Gasteiger partial charge < -0.3 is 14.8 Å². The van der Waals surface area contributed by atoms with Gasteiger partial charge >= 0.3 is 5.76 Å². The van der Waals surface area contributed by atoms with Gasteiger partial charge in [0.2, 0.25) is 0 Å². The second kappa shape index (κ2) is 5.36. The van der Waals surface area contributed by atoms with E-state index >= 15 is 0 Å². The molecule has 0 bridgehead atoms. The zero-order valence-electron chi connectivity index (χ0n) is 9.22. The molecule has 2 rings (SSSR count). The smallest absolute Gasteiger partial charge is 0.413 e. The van der Waals surface area contributed by atoms with E-state index in [1.807, 2.05) is 30.3 Å². The number of hydrogen-bond acceptors (Lipinski definition) is 4. The van der Waals surface area contributed by atoms with Crippen molar-refractivity contribution in [1.29, 1.82) is 0 Å². The minimum atomic E-state index is -0.603. The highest BCUT2D eigenvalue weighted by atomic mass is 16.4. The van der Waals surface area contributed by atoms with Crippen LogP contribution in [-0.4, -0.2) is 22.7 Å². The lowest BCUT2D eigenvalue weighted by Gasteiger charge is -2.11. The minimum absolute atomic E-state index is 0.304. The van der Waals surface area contributed by atoms with Gasteiger partial charge in [-0.25, -0.2) is 4.79 Å². The third-order valence-corrected chi connectivity index (χ3v) is 2.33. The molecule has 0 spiro atoms. The number of hydrogen-bond donors (Lipinski definition) is 3. The molecule has 5 heteroatoms. The summed E-state index contributed by atoms with van der Waals surface area (Å²) in [6.07, 6.45) is 1.17. The molecule has 0 saturated carbocycles. The lowest BCUT2D eigenvalue weighted by atomic mass is 10.2. The van der Waals surface area contributed by atoms with E-state index in [1.165, 1.54) is 6.20 Å². The molecule has 0 aliphatic heterocycles. The molecule has 90 valence electrons. The number of aromatic amines is 1. The third kappa shape index (κ3) is 3.49. The largest absolute Gasteiger partial charge is 0.416 e. The first kappa shape index (κ1) is 11.5. The Hall–Kier alpha value is -2.01. The summed E-state index contributed by atoms with van der Waals surface area (Å²) in [5, 5.41) is 12.8. The van der Waals surface area contributed by atoms with Crippen LogP contribution in [0.1, 0.15) is 5.76 Å². The van der Waals surface area contributed by atoms with Crippen LogP contribution in [-0.2, 0) is 6.42 Å². The van der Waals surface area contributed by atoms with Crippen LogP contribution in [0.2, 0.25) is 0 Å². The Kier molecular flexibility index (Phi) is 3.62. The van der Waals surface area contributed by atoms with Crippen molar-refractivity contribution in [3.8, 4) is 0 Å². The van der Waals surface area contributed by atoms with E-state index in [-0.39, 0.29) is 0 Å². The van der Waals surface area contributed by atoms with Crippen molar-refractivity contribution < 1.29 is 9.52 Å². The standard InChI is InChI=1S/C12H14N2O3/c15-10(6-11-8-14-12(16)17-11)7-13-9-4-2-1-3-5-9/h1-5,8,10,13,15H,6-7H2,(H,14,16). The molecule has 0 aliphatic rings. The Morgan fingerprint density at radius 3 is 2.76 bits per heavy atom. The van der Waals surface area contributed by atoms with Crippen molar-refractivity contribution in [2.24, 2.45) is 0 Å². The molecule has 0 aliphatic carbocycles. The van der Waals surface area contributed by atoms with Gasteiger partial charge in [-0.05, 0) is 12.1 Å². The van der Waals surface area contributed by atoms with Crippen LogP contribution in [0, 0.1) is 0 Å². The van der Waals surface area contributed by atoms with Crippen molar-refractivity contribution in [1.82, 2.24) is 4.98 Å². The maximum Gasteiger partial charge on any atom is 0.416 e. The van der Waals surface area contributed by atoms with E-state index in [4.69, 9.17) is 4.42 Å². The number of aliphatic hydroxyl groups is 1. The predicted octanol–water partition coefficient (Wildman–Crippen LogP) is 0.983. The number of benzene rings is 1. The first-order valence-electron chi connectivity index (χ1n) is 5.38. The first-order valence-corrected chi connectivity index (χ1v) is 5.38. The van der Waals surface area contributed by atoms with Gasteiger partial charge in [-0.15, -0.1) is 0 Å². The number of H-pyrrole nitrogens is 1. The molecule has 1 aromatic carbocycles. The van der Waals surface area contributed by atoms with E-state index in [0.717, 1.165) is 5.69 Å². The molecule has 1 atom stereocenters. The van der Waals surface area contributed by atoms with E-state index < -0.39 is 11.9 Å². The molecule has 17 heavy (non-hydrogen) atoms. The summed E-state index contributed by atoms with van der Waals surface area (Å²) >= 11 is 0. The second-order valence-electron chi connectivity index (χ2n) is 3.75. The lowest BCUT2D eigenvalue weighted by Crippen LogP contribution is -2.21. The van der Waals surface area contributed by atoms with Crippen molar-refractivity contribution in [2.75, 3.05) is 11.9 Å². The number of anilines is 1. The van der Waals surface area contributed by atoms with Crippen LogP contribution in [0.4, 0.5) is 5.69 Å². The van der Waals surface area contributed by atoms with E-state index in [0.29, 0.717) is 18.7 Å². The Balaban J connectivity index is 1.82. The van der Waals surface area contributed by atoms with Gasteiger partial charge in [0.1, 0.15) is 5.76 Å². The minimum Gasteiger partial charge on any atom is -0.413 e. The number of aromatic nitrogens is 1. The fourth-order valence-electron chi connectivity index (χ4n) is 1.51. The first-order chi connectivity index (χ1) is 8.24. The monoisotopic (exact) mass is 234 g/mol. The maximum atomic E-state index is 10.7. The van der Waals surface area contributed by atoms with E-state index in [2.05, 4.69) is 10.3 Å². The van der Waals surface area contributed by atoms with Crippen molar-refractivity contribution in [3.63, 3.8) is 0 Å². The van der Waals surface area contributed by atoms with Gasteiger partial charge in [0.15, 0.2) is 0 Å². The molecule has 0 saturated heterocycles. The highest BCUT2D eigenvalue weighted by Gasteiger charge is 2.08. The number of rotatable bonds is 5. The zero-order valence-corrected chi connectivity index (χ0v) is 9.22. The summed E-state index contributed by atoms with van der Waals surface area (Å²) in [6, 6.07) is 9.60. The summed E-state index contributed by atoms with van der Waals surface area (Å²) in [6.45, 7) is 0.402. The number of para-hydroxylation sites is 1. The highest BCUT2D eigenvalue weighted by Crippen LogP contribution is 2.06. The van der Waals surface area contributed by atoms with Gasteiger partial charge in [-0.3, -0.25) is 4.98 Å². The fraction of sp³-hybridized carbons (Fsp3) is 0.250. The summed E-state index contributed by atoms with van der Waals surface area (Å²) in [7, 11) is 0. The Bertz CT molecular complexity index is 504. The van der Waals surface area contributed by atoms with Crippen LogP contribution in [0.3, 0.4) is 0 Å². The fourth-order valence-corrected chi connectivity index (χ4v) is 1.51. The molecule has 0 radical (unpaired) electrons. The van der Waals surface area contributed by atoms with Crippen LogP contribution in [0.25, 0.3) is 0 Å². The van der Waals surface area contributed by atoms with Crippen molar-refractivity contribution >= 4 is 5.69 Å². The number of aliphatic hydroxyl groups excluding tert-OH is 1. The molecule has 1 aromatic heterocycles. The Morgan fingerprint density at radius 2 is 2.12 bits per heavy atom. The topological polar surface area (TPSA) is 78.3 Å². The van der Waals surface area contributed by atoms with Crippen LogP contribution in [0.15, 0.2) is 45.7 Å². The maximum absolute atomic E-state index is 10.7. The Labute approximate surface area is 98.1 Å². The SMILES string of the molecule is O=c1[nH]cc(CC(O)CNc2ccccc2)o1. The van der Waals surface area contributed by atoms with Crippen LogP contribution in [0.5, 0.6) is 0 Å². The third-order valence-electron chi connectivity index (χ3n) is 2.33. The average Bonchev–Trinajstić information content (AvgIpc) is 2.73. The Morgan fingerprint density at radius 1 is 1.35 bits per heavy atom. The molecular weight excluding hydrogens is 220 g/mol. The quantitative estimate of drug-likeness (QED) is 0.720. The van der Waals surface area contributed by atoms with E-state index in [9.17, 15) is 9.90 Å². The number of nitrogens with one attached hydrogen (secondary N) is 2. The van der Waals surface area contributed by atoms with Crippen LogP contribution >= 0.6 is 0 Å². The summed E-state index contributed by atoms with van der Waals surface area (Å²) < 4.78 is 4.81. The van der Waals surface area contributed by atoms with Gasteiger partial charge in [0.25, 0.3) is 0 Å². The summed E-state index contributed by atoms with van der Waals surface area (Å²) in [4.78, 5) is 13.1. The molecular formula is C12H14N2O3. The van der Waals surface area contributed by atoms with Crippen molar-refractivity contribution in [2.45, 2.75) is 12.5 Å². The molecule has 3 N–H and O–H groups in total. The lowest BCUT2D eigenvalue weighted by molar-refractivity contribution is 0.179. The van der Waals surface area contributed by atoms with Gasteiger partial charge in [0.05, 0.1) is 6.10 Å². The van der Waals surface area contributed by atoms with Crippen molar-refractivity contribution in [3.05, 3.63) is 52.8 Å². The van der Waals surface area contributed by atoms with Gasteiger partial charge in [-0.2, -0.15) is 0 Å². The summed E-state index contributed by atoms with van der Waals surface area (Å²) in [5.74, 6) is -0.0411. The van der Waals surface area contributed by atoms with E-state index in [1.54, 1.807) is 0 Å². The summed E-state index contributed by atoms with van der Waals surface area (Å²) in [5.41, 5.74) is 0.946.